The van der Waals surface area contributed by atoms with Crippen molar-refractivity contribution in [1.29, 1.82) is 0 Å². The molecule has 0 radical (unpaired) electrons. The highest BCUT2D eigenvalue weighted by molar-refractivity contribution is 7.89. The number of benzene rings is 2. The Labute approximate surface area is 196 Å². The van der Waals surface area contributed by atoms with Gasteiger partial charge in [0.25, 0.3) is 5.91 Å². The molecule has 2 amide bonds. The van der Waals surface area contributed by atoms with Crippen LogP contribution in [0.15, 0.2) is 53.4 Å². The van der Waals surface area contributed by atoms with Crippen molar-refractivity contribution in [2.75, 3.05) is 37.6 Å². The predicted molar refractivity (Wildman–Crippen MR) is 128 cm³/mol. The number of hydrogen-bond acceptors (Lipinski definition) is 4. The van der Waals surface area contributed by atoms with Crippen LogP contribution in [0.4, 0.5) is 5.69 Å². The summed E-state index contributed by atoms with van der Waals surface area (Å²) in [6, 6.07) is 14.2. The van der Waals surface area contributed by atoms with E-state index in [4.69, 9.17) is 0 Å². The van der Waals surface area contributed by atoms with Gasteiger partial charge in [0.2, 0.25) is 15.9 Å². The SMILES string of the molecule is CCC(C)c1ccc(S(=O)(=O)N2CCN(C(=O)c3ccc(N4CCCC4=O)cc3)CC2)cc1. The Morgan fingerprint density at radius 3 is 2.12 bits per heavy atom. The quantitative estimate of drug-likeness (QED) is 0.649. The molecule has 8 heteroatoms. The average molecular weight is 470 g/mol. The van der Waals surface area contributed by atoms with Gasteiger partial charge in [0.05, 0.1) is 4.90 Å². The van der Waals surface area contributed by atoms with Gasteiger partial charge in [0.1, 0.15) is 0 Å². The molecule has 0 aliphatic carbocycles. The number of hydrogen-bond donors (Lipinski definition) is 0. The molecule has 2 aromatic rings. The van der Waals surface area contributed by atoms with Crippen molar-refractivity contribution in [1.82, 2.24) is 9.21 Å². The zero-order valence-electron chi connectivity index (χ0n) is 19.2. The molecule has 2 fully saturated rings. The summed E-state index contributed by atoms with van der Waals surface area (Å²) in [5.41, 5.74) is 2.48. The first-order chi connectivity index (χ1) is 15.8. The van der Waals surface area contributed by atoms with Gasteiger partial charge in [-0.15, -0.1) is 0 Å². The lowest BCUT2D eigenvalue weighted by molar-refractivity contribution is -0.117. The summed E-state index contributed by atoms with van der Waals surface area (Å²) in [6.45, 7) is 6.16. The molecule has 0 saturated carbocycles. The molecule has 2 aromatic carbocycles. The van der Waals surface area contributed by atoms with Crippen LogP contribution in [0, 0.1) is 0 Å². The highest BCUT2D eigenvalue weighted by Crippen LogP contribution is 2.24. The van der Waals surface area contributed by atoms with Gasteiger partial charge in [-0.25, -0.2) is 8.42 Å². The van der Waals surface area contributed by atoms with Crippen molar-refractivity contribution in [3.8, 4) is 0 Å². The molecule has 2 aliphatic rings. The van der Waals surface area contributed by atoms with Crippen molar-refractivity contribution in [2.24, 2.45) is 0 Å². The van der Waals surface area contributed by atoms with E-state index in [1.54, 1.807) is 46.2 Å². The number of sulfonamides is 1. The third-order valence-electron chi connectivity index (χ3n) is 6.72. The van der Waals surface area contributed by atoms with Crippen LogP contribution in [0.1, 0.15) is 54.9 Å². The summed E-state index contributed by atoms with van der Waals surface area (Å²) in [5, 5.41) is 0. The van der Waals surface area contributed by atoms with Crippen LogP contribution >= 0.6 is 0 Å². The molecule has 7 nitrogen and oxygen atoms in total. The van der Waals surface area contributed by atoms with E-state index in [9.17, 15) is 18.0 Å². The zero-order chi connectivity index (χ0) is 23.6. The molecular weight excluding hydrogens is 438 g/mol. The van der Waals surface area contributed by atoms with E-state index in [0.29, 0.717) is 42.4 Å². The molecule has 0 N–H and O–H groups in total. The topological polar surface area (TPSA) is 78.0 Å². The molecule has 0 aromatic heterocycles. The summed E-state index contributed by atoms with van der Waals surface area (Å²) in [7, 11) is -3.59. The molecule has 2 saturated heterocycles. The van der Waals surface area contributed by atoms with Crippen LogP contribution in [0.2, 0.25) is 0 Å². The molecule has 1 unspecified atom stereocenters. The Kier molecular flexibility index (Phi) is 6.86. The minimum absolute atomic E-state index is 0.112. The van der Waals surface area contributed by atoms with Crippen LogP contribution in [-0.2, 0) is 14.8 Å². The van der Waals surface area contributed by atoms with E-state index in [1.807, 2.05) is 12.1 Å². The number of rotatable bonds is 6. The van der Waals surface area contributed by atoms with Gasteiger partial charge in [-0.05, 0) is 60.7 Å². The summed E-state index contributed by atoms with van der Waals surface area (Å²) >= 11 is 0. The smallest absolute Gasteiger partial charge is 0.253 e. The van der Waals surface area contributed by atoms with Gasteiger partial charge in [-0.3, -0.25) is 9.59 Å². The summed E-state index contributed by atoms with van der Waals surface area (Å²) in [4.78, 5) is 28.6. The van der Waals surface area contributed by atoms with Gasteiger partial charge in [-0.1, -0.05) is 26.0 Å². The van der Waals surface area contributed by atoms with Gasteiger partial charge < -0.3 is 9.80 Å². The summed E-state index contributed by atoms with van der Waals surface area (Å²) in [6.07, 6.45) is 2.42. The number of anilines is 1. The van der Waals surface area contributed by atoms with E-state index in [2.05, 4.69) is 13.8 Å². The number of piperazine rings is 1. The molecule has 2 aliphatic heterocycles. The second-order valence-electron chi connectivity index (χ2n) is 8.77. The average Bonchev–Trinajstić information content (AvgIpc) is 3.29. The highest BCUT2D eigenvalue weighted by Gasteiger charge is 2.30. The maximum Gasteiger partial charge on any atom is 0.253 e. The predicted octanol–water partition coefficient (Wildman–Crippen LogP) is 3.47. The lowest BCUT2D eigenvalue weighted by atomic mass is 9.99. The molecule has 33 heavy (non-hydrogen) atoms. The van der Waals surface area contributed by atoms with Crippen molar-refractivity contribution < 1.29 is 18.0 Å². The second kappa shape index (κ2) is 9.65. The Morgan fingerprint density at radius 1 is 0.939 bits per heavy atom. The minimum atomic E-state index is -3.59. The van der Waals surface area contributed by atoms with Gasteiger partial charge >= 0.3 is 0 Å². The standard InChI is InChI=1S/C25H31N3O4S/c1-3-19(2)20-8-12-23(13-9-20)33(31,32)27-17-15-26(16-18-27)25(30)21-6-10-22(11-7-21)28-14-4-5-24(28)29/h6-13,19H,3-5,14-18H2,1-2H3. The highest BCUT2D eigenvalue weighted by atomic mass is 32.2. The van der Waals surface area contributed by atoms with Crippen LogP contribution in [0.25, 0.3) is 0 Å². The molecule has 4 rings (SSSR count). The number of nitrogens with zero attached hydrogens (tertiary/aromatic N) is 3. The van der Waals surface area contributed by atoms with Crippen LogP contribution < -0.4 is 4.90 Å². The fourth-order valence-corrected chi connectivity index (χ4v) is 5.79. The van der Waals surface area contributed by atoms with Crippen molar-refractivity contribution in [2.45, 2.75) is 43.9 Å². The first-order valence-electron chi connectivity index (χ1n) is 11.6. The van der Waals surface area contributed by atoms with E-state index >= 15 is 0 Å². The van der Waals surface area contributed by atoms with E-state index in [0.717, 1.165) is 24.1 Å². The molecule has 0 spiro atoms. The van der Waals surface area contributed by atoms with Crippen molar-refractivity contribution in [3.05, 3.63) is 59.7 Å². The zero-order valence-corrected chi connectivity index (χ0v) is 20.1. The molecule has 176 valence electrons. The normalized spacial score (nSPS) is 18.5. The van der Waals surface area contributed by atoms with E-state index in [1.165, 1.54) is 4.31 Å². The number of carbonyl (C=O) groups is 2. The van der Waals surface area contributed by atoms with Crippen LogP contribution in [-0.4, -0.2) is 62.2 Å². The largest absolute Gasteiger partial charge is 0.336 e. The maximum absolute atomic E-state index is 13.1. The van der Waals surface area contributed by atoms with Crippen LogP contribution in [0.5, 0.6) is 0 Å². The first kappa shape index (κ1) is 23.4. The van der Waals surface area contributed by atoms with Gasteiger partial charge in [0.15, 0.2) is 0 Å². The molecule has 2 heterocycles. The lowest BCUT2D eigenvalue weighted by Crippen LogP contribution is -2.50. The monoisotopic (exact) mass is 469 g/mol. The fourth-order valence-electron chi connectivity index (χ4n) is 4.37. The Hall–Kier alpha value is -2.71. The van der Waals surface area contributed by atoms with Gasteiger partial charge in [-0.2, -0.15) is 4.31 Å². The Bertz CT molecular complexity index is 1110. The Morgan fingerprint density at radius 2 is 1.58 bits per heavy atom. The molecular formula is C25H31N3O4S. The van der Waals surface area contributed by atoms with E-state index in [-0.39, 0.29) is 24.9 Å². The van der Waals surface area contributed by atoms with Gasteiger partial charge in [0, 0.05) is 50.4 Å². The molecule has 0 bridgehead atoms. The maximum atomic E-state index is 13.1. The lowest BCUT2D eigenvalue weighted by Gasteiger charge is -2.34. The first-order valence-corrected chi connectivity index (χ1v) is 13.0. The summed E-state index contributed by atoms with van der Waals surface area (Å²) in [5.74, 6) is 0.381. The number of amides is 2. The van der Waals surface area contributed by atoms with Crippen LogP contribution in [0.3, 0.4) is 0 Å². The minimum Gasteiger partial charge on any atom is -0.336 e. The summed E-state index contributed by atoms with van der Waals surface area (Å²) < 4.78 is 27.6. The van der Waals surface area contributed by atoms with Crippen molar-refractivity contribution in [3.63, 3.8) is 0 Å². The second-order valence-corrected chi connectivity index (χ2v) is 10.7. The third-order valence-corrected chi connectivity index (χ3v) is 8.64. The molecule has 1 atom stereocenters. The van der Waals surface area contributed by atoms with Crippen molar-refractivity contribution >= 4 is 27.5 Å². The Balaban J connectivity index is 1.38. The van der Waals surface area contributed by atoms with E-state index < -0.39 is 10.0 Å². The third kappa shape index (κ3) is 4.82. The number of carbonyl (C=O) groups excluding carboxylic acids is 2. The fraction of sp³-hybridized carbons (Fsp3) is 0.440.